The van der Waals surface area contributed by atoms with E-state index in [0.717, 1.165) is 47.6 Å². The van der Waals surface area contributed by atoms with Crippen LogP contribution < -0.4 is 5.32 Å². The van der Waals surface area contributed by atoms with Crippen molar-refractivity contribution in [3.63, 3.8) is 0 Å². The van der Waals surface area contributed by atoms with Gasteiger partial charge in [0.15, 0.2) is 5.82 Å². The largest absolute Gasteiger partial charge is 0.376 e. The van der Waals surface area contributed by atoms with E-state index in [0.29, 0.717) is 5.82 Å². The number of ether oxygens (including phenoxy) is 1. The molecule has 0 bridgehead atoms. The van der Waals surface area contributed by atoms with Gasteiger partial charge in [0.1, 0.15) is 10.6 Å². The normalized spacial score (nSPS) is 17.5. The van der Waals surface area contributed by atoms with Crippen LogP contribution in [0, 0.1) is 13.8 Å². The molecule has 0 aliphatic carbocycles. The molecule has 1 saturated heterocycles. The maximum Gasteiger partial charge on any atom is 0.164 e. The maximum atomic E-state index is 5.72. The summed E-state index contributed by atoms with van der Waals surface area (Å²) in [5.41, 5.74) is 2.19. The highest BCUT2D eigenvalue weighted by Crippen LogP contribution is 2.35. The van der Waals surface area contributed by atoms with Crippen molar-refractivity contribution >= 4 is 27.4 Å². The van der Waals surface area contributed by atoms with E-state index in [1.54, 1.807) is 23.7 Å². The Bertz CT molecular complexity index is 856. The topological polar surface area (TPSA) is 59.9 Å². The van der Waals surface area contributed by atoms with E-state index in [4.69, 9.17) is 14.7 Å². The third kappa shape index (κ3) is 2.87. The van der Waals surface area contributed by atoms with Crippen LogP contribution in [0.2, 0.25) is 0 Å². The van der Waals surface area contributed by atoms with Crippen molar-refractivity contribution in [1.29, 1.82) is 0 Å². The van der Waals surface area contributed by atoms with Gasteiger partial charge in [-0.1, -0.05) is 0 Å². The maximum absolute atomic E-state index is 5.72. The number of rotatable bonds is 4. The fourth-order valence-corrected chi connectivity index (χ4v) is 4.05. The number of aromatic nitrogens is 3. The number of hydrogen-bond donors (Lipinski definition) is 1. The van der Waals surface area contributed by atoms with Crippen LogP contribution in [0.25, 0.3) is 21.6 Å². The highest BCUT2D eigenvalue weighted by atomic mass is 32.1. The zero-order valence-corrected chi connectivity index (χ0v) is 14.7. The zero-order chi connectivity index (χ0) is 16.5. The first-order valence-corrected chi connectivity index (χ1v) is 9.07. The molecule has 1 aliphatic heterocycles. The Morgan fingerprint density at radius 1 is 1.33 bits per heavy atom. The number of hydrogen-bond acceptors (Lipinski definition) is 6. The minimum absolute atomic E-state index is 0.275. The molecule has 3 aromatic heterocycles. The summed E-state index contributed by atoms with van der Waals surface area (Å²) in [5.74, 6) is 1.61. The first-order valence-electron chi connectivity index (χ1n) is 8.26. The van der Waals surface area contributed by atoms with E-state index >= 15 is 0 Å². The standard InChI is InChI=1S/C18H20N4OS/c1-11-12(2)24-18-15(11)17(20-10-14-6-4-8-23-14)21-16(22-18)13-5-3-7-19-9-13/h3,5,7,9,14H,4,6,8,10H2,1-2H3,(H,20,21,22). The predicted octanol–water partition coefficient (Wildman–Crippen LogP) is 3.96. The van der Waals surface area contributed by atoms with E-state index < -0.39 is 0 Å². The molecule has 4 heterocycles. The Hall–Kier alpha value is -2.05. The van der Waals surface area contributed by atoms with Crippen LogP contribution in [0.3, 0.4) is 0 Å². The first-order chi connectivity index (χ1) is 11.7. The third-order valence-corrected chi connectivity index (χ3v) is 5.57. The molecule has 0 aromatic carbocycles. The molecule has 1 aliphatic rings. The van der Waals surface area contributed by atoms with Crippen LogP contribution in [0.15, 0.2) is 24.5 Å². The number of anilines is 1. The van der Waals surface area contributed by atoms with E-state index in [1.165, 1.54) is 10.4 Å². The van der Waals surface area contributed by atoms with E-state index in [2.05, 4.69) is 24.1 Å². The van der Waals surface area contributed by atoms with Crippen LogP contribution in [0.4, 0.5) is 5.82 Å². The van der Waals surface area contributed by atoms with Crippen LogP contribution >= 0.6 is 11.3 Å². The zero-order valence-electron chi connectivity index (χ0n) is 13.9. The molecule has 0 spiro atoms. The number of nitrogens with zero attached hydrogens (tertiary/aromatic N) is 3. The lowest BCUT2D eigenvalue weighted by Gasteiger charge is -2.13. The van der Waals surface area contributed by atoms with Gasteiger partial charge in [-0.3, -0.25) is 4.98 Å². The van der Waals surface area contributed by atoms with Gasteiger partial charge in [-0.15, -0.1) is 11.3 Å². The number of fused-ring (bicyclic) bond motifs is 1. The summed E-state index contributed by atoms with van der Waals surface area (Å²) >= 11 is 1.72. The molecule has 0 radical (unpaired) electrons. The molecule has 24 heavy (non-hydrogen) atoms. The van der Waals surface area contributed by atoms with E-state index in [-0.39, 0.29) is 6.10 Å². The van der Waals surface area contributed by atoms with Gasteiger partial charge in [0.25, 0.3) is 0 Å². The van der Waals surface area contributed by atoms with Gasteiger partial charge in [0, 0.05) is 36.0 Å². The van der Waals surface area contributed by atoms with Gasteiger partial charge in [-0.25, -0.2) is 9.97 Å². The summed E-state index contributed by atoms with van der Waals surface area (Å²) in [6, 6.07) is 3.90. The monoisotopic (exact) mass is 340 g/mol. The quantitative estimate of drug-likeness (QED) is 0.779. The van der Waals surface area contributed by atoms with Crippen molar-refractivity contribution in [2.24, 2.45) is 0 Å². The SMILES string of the molecule is Cc1sc2nc(-c3cccnc3)nc(NCC3CCCO3)c2c1C. The lowest BCUT2D eigenvalue weighted by atomic mass is 10.2. The Labute approximate surface area is 145 Å². The predicted molar refractivity (Wildman–Crippen MR) is 97.6 cm³/mol. The number of nitrogens with one attached hydrogen (secondary N) is 1. The van der Waals surface area contributed by atoms with Crippen molar-refractivity contribution in [2.45, 2.75) is 32.8 Å². The molecule has 1 atom stereocenters. The van der Waals surface area contributed by atoms with Crippen LogP contribution in [-0.2, 0) is 4.74 Å². The molecular weight excluding hydrogens is 320 g/mol. The second kappa shape index (κ2) is 6.45. The highest BCUT2D eigenvalue weighted by Gasteiger charge is 2.19. The second-order valence-electron chi connectivity index (χ2n) is 6.12. The van der Waals surface area contributed by atoms with Crippen molar-refractivity contribution in [1.82, 2.24) is 15.0 Å². The molecule has 1 fully saturated rings. The molecule has 124 valence electrons. The molecule has 0 saturated carbocycles. The van der Waals surface area contributed by atoms with Crippen LogP contribution in [-0.4, -0.2) is 34.2 Å². The summed E-state index contributed by atoms with van der Waals surface area (Å²) in [6.07, 6.45) is 6.09. The average molecular weight is 340 g/mol. The molecule has 1 N–H and O–H groups in total. The van der Waals surface area contributed by atoms with Gasteiger partial charge in [-0.05, 0) is 44.4 Å². The molecule has 5 nitrogen and oxygen atoms in total. The minimum atomic E-state index is 0.275. The van der Waals surface area contributed by atoms with Crippen molar-refractivity contribution in [3.05, 3.63) is 35.0 Å². The van der Waals surface area contributed by atoms with Gasteiger partial charge >= 0.3 is 0 Å². The average Bonchev–Trinajstić information content (AvgIpc) is 3.22. The summed E-state index contributed by atoms with van der Waals surface area (Å²) < 4.78 is 5.72. The van der Waals surface area contributed by atoms with Crippen LogP contribution in [0.1, 0.15) is 23.3 Å². The summed E-state index contributed by atoms with van der Waals surface area (Å²) in [6.45, 7) is 5.92. The summed E-state index contributed by atoms with van der Waals surface area (Å²) in [4.78, 5) is 16.0. The van der Waals surface area contributed by atoms with Crippen molar-refractivity contribution in [2.75, 3.05) is 18.5 Å². The molecule has 1 unspecified atom stereocenters. The molecule has 3 aromatic rings. The molecule has 0 amide bonds. The Kier molecular flexibility index (Phi) is 4.16. The lowest BCUT2D eigenvalue weighted by molar-refractivity contribution is 0.120. The summed E-state index contributed by atoms with van der Waals surface area (Å²) in [5, 5.41) is 4.63. The molecular formula is C18H20N4OS. The fraction of sp³-hybridized carbons (Fsp3) is 0.389. The van der Waals surface area contributed by atoms with Crippen molar-refractivity contribution < 1.29 is 4.74 Å². The number of pyridine rings is 1. The minimum Gasteiger partial charge on any atom is -0.376 e. The highest BCUT2D eigenvalue weighted by molar-refractivity contribution is 7.18. The Morgan fingerprint density at radius 2 is 2.25 bits per heavy atom. The van der Waals surface area contributed by atoms with Gasteiger partial charge in [0.2, 0.25) is 0 Å². The van der Waals surface area contributed by atoms with E-state index in [9.17, 15) is 0 Å². The summed E-state index contributed by atoms with van der Waals surface area (Å²) in [7, 11) is 0. The Balaban J connectivity index is 1.76. The van der Waals surface area contributed by atoms with E-state index in [1.807, 2.05) is 12.1 Å². The van der Waals surface area contributed by atoms with Gasteiger partial charge in [-0.2, -0.15) is 0 Å². The molecule has 6 heteroatoms. The van der Waals surface area contributed by atoms with Crippen molar-refractivity contribution in [3.8, 4) is 11.4 Å². The number of thiophene rings is 1. The van der Waals surface area contributed by atoms with Gasteiger partial charge < -0.3 is 10.1 Å². The lowest BCUT2D eigenvalue weighted by Crippen LogP contribution is -2.19. The first kappa shape index (κ1) is 15.5. The smallest absolute Gasteiger partial charge is 0.164 e. The fourth-order valence-electron chi connectivity index (χ4n) is 3.02. The third-order valence-electron chi connectivity index (χ3n) is 4.47. The van der Waals surface area contributed by atoms with Crippen LogP contribution in [0.5, 0.6) is 0 Å². The van der Waals surface area contributed by atoms with Gasteiger partial charge in [0.05, 0.1) is 11.5 Å². The number of aryl methyl sites for hydroxylation is 2. The second-order valence-corrected chi connectivity index (χ2v) is 7.32. The Morgan fingerprint density at radius 3 is 3.00 bits per heavy atom. The molecule has 4 rings (SSSR count).